The zero-order chi connectivity index (χ0) is 16.2. The van der Waals surface area contributed by atoms with Crippen LogP contribution in [-0.4, -0.2) is 23.2 Å². The SMILES string of the molecule is CCC(C)(C)CC(C(=O)NC(C)(C)CO)C(C)(C)CC. The van der Waals surface area contributed by atoms with Crippen LogP contribution in [0.15, 0.2) is 0 Å². The van der Waals surface area contributed by atoms with E-state index in [-0.39, 0.29) is 29.3 Å². The average Bonchev–Trinajstić information content (AvgIpc) is 2.35. The van der Waals surface area contributed by atoms with E-state index in [4.69, 9.17) is 0 Å². The Kier molecular flexibility index (Phi) is 6.73. The van der Waals surface area contributed by atoms with Gasteiger partial charge < -0.3 is 10.4 Å². The molecule has 0 aromatic rings. The van der Waals surface area contributed by atoms with Gasteiger partial charge in [-0.1, -0.05) is 54.4 Å². The lowest BCUT2D eigenvalue weighted by atomic mass is 9.68. The number of aliphatic hydroxyl groups excluding tert-OH is 1. The fourth-order valence-electron chi connectivity index (χ4n) is 2.13. The second-order valence-corrected chi connectivity index (χ2v) is 8.15. The Labute approximate surface area is 125 Å². The molecule has 0 saturated heterocycles. The van der Waals surface area contributed by atoms with Gasteiger partial charge in [0.15, 0.2) is 0 Å². The summed E-state index contributed by atoms with van der Waals surface area (Å²) in [5.41, 5.74) is -0.449. The van der Waals surface area contributed by atoms with E-state index >= 15 is 0 Å². The standard InChI is InChI=1S/C17H35NO2/c1-9-15(3,4)11-13(16(5,6)10-2)14(20)18-17(7,8)12-19/h13,19H,9-12H2,1-8H3,(H,18,20). The summed E-state index contributed by atoms with van der Waals surface area (Å²) in [4.78, 5) is 12.7. The zero-order valence-electron chi connectivity index (χ0n) is 14.8. The molecule has 0 aliphatic rings. The molecule has 0 saturated carbocycles. The van der Waals surface area contributed by atoms with Crippen molar-refractivity contribution in [3.05, 3.63) is 0 Å². The summed E-state index contributed by atoms with van der Waals surface area (Å²) in [5, 5.41) is 12.4. The quantitative estimate of drug-likeness (QED) is 0.713. The Hall–Kier alpha value is -0.570. The van der Waals surface area contributed by atoms with Gasteiger partial charge in [0.2, 0.25) is 5.91 Å². The molecule has 0 aliphatic carbocycles. The van der Waals surface area contributed by atoms with Crippen LogP contribution >= 0.6 is 0 Å². The fourth-order valence-corrected chi connectivity index (χ4v) is 2.13. The van der Waals surface area contributed by atoms with Crippen LogP contribution in [0, 0.1) is 16.7 Å². The third-order valence-electron chi connectivity index (χ3n) is 4.74. The lowest BCUT2D eigenvalue weighted by molar-refractivity contribution is -0.132. The van der Waals surface area contributed by atoms with Crippen molar-refractivity contribution in [1.29, 1.82) is 0 Å². The topological polar surface area (TPSA) is 49.3 Å². The Morgan fingerprint density at radius 2 is 1.55 bits per heavy atom. The first-order valence-electron chi connectivity index (χ1n) is 7.83. The van der Waals surface area contributed by atoms with Crippen molar-refractivity contribution in [1.82, 2.24) is 5.32 Å². The van der Waals surface area contributed by atoms with Gasteiger partial charge in [0.25, 0.3) is 0 Å². The van der Waals surface area contributed by atoms with E-state index in [1.165, 1.54) is 0 Å². The van der Waals surface area contributed by atoms with Crippen molar-refractivity contribution >= 4 is 5.91 Å². The van der Waals surface area contributed by atoms with Gasteiger partial charge in [-0.2, -0.15) is 0 Å². The lowest BCUT2D eigenvalue weighted by Crippen LogP contribution is -2.51. The third-order valence-corrected chi connectivity index (χ3v) is 4.74. The summed E-state index contributed by atoms with van der Waals surface area (Å²) in [6.45, 7) is 16.7. The normalized spacial score (nSPS) is 15.1. The molecule has 0 aliphatic heterocycles. The molecule has 0 aromatic heterocycles. The van der Waals surface area contributed by atoms with E-state index < -0.39 is 5.54 Å². The van der Waals surface area contributed by atoms with Gasteiger partial charge in [-0.15, -0.1) is 0 Å². The molecule has 1 unspecified atom stereocenters. The van der Waals surface area contributed by atoms with Crippen LogP contribution in [-0.2, 0) is 4.79 Å². The minimum atomic E-state index is -0.560. The first-order valence-corrected chi connectivity index (χ1v) is 7.83. The molecule has 0 fully saturated rings. The highest BCUT2D eigenvalue weighted by Gasteiger charge is 2.38. The van der Waals surface area contributed by atoms with E-state index in [2.05, 4.69) is 46.9 Å². The van der Waals surface area contributed by atoms with Gasteiger partial charge in [0, 0.05) is 5.92 Å². The summed E-state index contributed by atoms with van der Waals surface area (Å²) in [6.07, 6.45) is 2.89. The van der Waals surface area contributed by atoms with E-state index in [0.29, 0.717) is 0 Å². The van der Waals surface area contributed by atoms with Gasteiger partial charge in [0.1, 0.15) is 0 Å². The first-order chi connectivity index (χ1) is 8.90. The number of carbonyl (C=O) groups is 1. The summed E-state index contributed by atoms with van der Waals surface area (Å²) < 4.78 is 0. The second-order valence-electron chi connectivity index (χ2n) is 8.15. The summed E-state index contributed by atoms with van der Waals surface area (Å²) in [7, 11) is 0. The molecular formula is C17H35NO2. The predicted molar refractivity (Wildman–Crippen MR) is 85.6 cm³/mol. The number of hydrogen-bond acceptors (Lipinski definition) is 2. The monoisotopic (exact) mass is 285 g/mol. The highest BCUT2D eigenvalue weighted by atomic mass is 16.3. The molecule has 0 rings (SSSR count). The number of hydrogen-bond donors (Lipinski definition) is 2. The fraction of sp³-hybridized carbons (Fsp3) is 0.941. The number of nitrogens with one attached hydrogen (secondary N) is 1. The Balaban J connectivity index is 5.19. The summed E-state index contributed by atoms with van der Waals surface area (Å²) in [5.74, 6) is 0.0331. The zero-order valence-corrected chi connectivity index (χ0v) is 14.8. The van der Waals surface area contributed by atoms with E-state index in [0.717, 1.165) is 19.3 Å². The van der Waals surface area contributed by atoms with Crippen LogP contribution in [0.1, 0.15) is 74.7 Å². The number of carbonyl (C=O) groups excluding carboxylic acids is 1. The average molecular weight is 285 g/mol. The molecule has 2 N–H and O–H groups in total. The maximum absolute atomic E-state index is 12.7. The molecule has 0 aromatic carbocycles. The van der Waals surface area contributed by atoms with Crippen LogP contribution < -0.4 is 5.32 Å². The van der Waals surface area contributed by atoms with Crippen LogP contribution in [0.5, 0.6) is 0 Å². The molecule has 0 radical (unpaired) electrons. The number of aliphatic hydroxyl groups is 1. The van der Waals surface area contributed by atoms with Crippen molar-refractivity contribution in [2.75, 3.05) is 6.61 Å². The predicted octanol–water partition coefficient (Wildman–Crippen LogP) is 3.75. The van der Waals surface area contributed by atoms with Gasteiger partial charge in [-0.25, -0.2) is 0 Å². The molecule has 0 spiro atoms. The van der Waals surface area contributed by atoms with Gasteiger partial charge in [0.05, 0.1) is 12.1 Å². The summed E-state index contributed by atoms with van der Waals surface area (Å²) in [6, 6.07) is 0. The van der Waals surface area contributed by atoms with Crippen LogP contribution in [0.4, 0.5) is 0 Å². The Morgan fingerprint density at radius 1 is 1.05 bits per heavy atom. The van der Waals surface area contributed by atoms with Crippen LogP contribution in [0.3, 0.4) is 0 Å². The largest absolute Gasteiger partial charge is 0.394 e. The Bertz CT molecular complexity index is 319. The van der Waals surface area contributed by atoms with E-state index in [9.17, 15) is 9.90 Å². The minimum absolute atomic E-state index is 0.0340. The maximum atomic E-state index is 12.7. The van der Waals surface area contributed by atoms with Gasteiger partial charge in [-0.05, 0) is 31.1 Å². The lowest BCUT2D eigenvalue weighted by Gasteiger charge is -2.39. The Morgan fingerprint density at radius 3 is 1.90 bits per heavy atom. The molecule has 120 valence electrons. The molecule has 20 heavy (non-hydrogen) atoms. The van der Waals surface area contributed by atoms with Crippen molar-refractivity contribution in [2.24, 2.45) is 16.7 Å². The van der Waals surface area contributed by atoms with Crippen LogP contribution in [0.2, 0.25) is 0 Å². The number of rotatable bonds is 8. The molecule has 1 atom stereocenters. The second kappa shape index (κ2) is 6.93. The minimum Gasteiger partial charge on any atom is -0.394 e. The highest BCUT2D eigenvalue weighted by Crippen LogP contribution is 2.40. The number of amides is 1. The van der Waals surface area contributed by atoms with Crippen molar-refractivity contribution in [2.45, 2.75) is 80.2 Å². The first kappa shape index (κ1) is 19.4. The third kappa shape index (κ3) is 5.82. The van der Waals surface area contributed by atoms with E-state index in [1.54, 1.807) is 0 Å². The van der Waals surface area contributed by atoms with E-state index in [1.807, 2.05) is 13.8 Å². The van der Waals surface area contributed by atoms with Crippen molar-refractivity contribution < 1.29 is 9.90 Å². The molecule has 3 heteroatoms. The van der Waals surface area contributed by atoms with Gasteiger partial charge in [-0.3, -0.25) is 4.79 Å². The molecular weight excluding hydrogens is 250 g/mol. The van der Waals surface area contributed by atoms with Crippen molar-refractivity contribution in [3.8, 4) is 0 Å². The maximum Gasteiger partial charge on any atom is 0.224 e. The molecule has 1 amide bonds. The van der Waals surface area contributed by atoms with Gasteiger partial charge >= 0.3 is 0 Å². The summed E-state index contributed by atoms with van der Waals surface area (Å²) >= 11 is 0. The molecule has 0 heterocycles. The highest BCUT2D eigenvalue weighted by molar-refractivity contribution is 5.80. The smallest absolute Gasteiger partial charge is 0.224 e. The molecule has 3 nitrogen and oxygen atoms in total. The van der Waals surface area contributed by atoms with Crippen LogP contribution in [0.25, 0.3) is 0 Å². The van der Waals surface area contributed by atoms with Crippen molar-refractivity contribution in [3.63, 3.8) is 0 Å². The molecule has 0 bridgehead atoms.